The highest BCUT2D eigenvalue weighted by Gasteiger charge is 2.37. The van der Waals surface area contributed by atoms with Gasteiger partial charge in [-0.1, -0.05) is 6.92 Å². The lowest BCUT2D eigenvalue weighted by Gasteiger charge is -2.27. The highest BCUT2D eigenvalue weighted by molar-refractivity contribution is 5.68. The predicted octanol–water partition coefficient (Wildman–Crippen LogP) is 1.13. The minimum absolute atomic E-state index is 0.229. The topological polar surface area (TPSA) is 58.8 Å². The lowest BCUT2D eigenvalue weighted by molar-refractivity contribution is 0.0280. The van der Waals surface area contributed by atoms with Gasteiger partial charge in [-0.3, -0.25) is 0 Å². The van der Waals surface area contributed by atoms with E-state index in [9.17, 15) is 4.79 Å². The highest BCUT2D eigenvalue weighted by atomic mass is 16.6. The number of rotatable bonds is 3. The Bertz CT molecular complexity index is 288. The minimum Gasteiger partial charge on any atom is -0.444 e. The highest BCUT2D eigenvalue weighted by Crippen LogP contribution is 2.22. The number of likely N-dealkylation sites (tertiary alicyclic amines) is 1. The molecular formula is C13H27N3O2. The van der Waals surface area contributed by atoms with Crippen molar-refractivity contribution in [2.24, 2.45) is 11.7 Å². The molecule has 1 aliphatic rings. The van der Waals surface area contributed by atoms with Crippen molar-refractivity contribution in [3.8, 4) is 0 Å². The first kappa shape index (κ1) is 15.2. The van der Waals surface area contributed by atoms with Crippen LogP contribution in [0.15, 0.2) is 0 Å². The molecule has 1 saturated heterocycles. The predicted molar refractivity (Wildman–Crippen MR) is 72.4 cm³/mol. The summed E-state index contributed by atoms with van der Waals surface area (Å²) in [6, 6.07) is 0.340. The normalized spacial score (nSPS) is 24.7. The van der Waals surface area contributed by atoms with Crippen LogP contribution in [0, 0.1) is 5.92 Å². The molecular weight excluding hydrogens is 230 g/mol. The quantitative estimate of drug-likeness (QED) is 0.823. The van der Waals surface area contributed by atoms with E-state index in [0.29, 0.717) is 31.6 Å². The first-order valence-corrected chi connectivity index (χ1v) is 6.66. The number of hydrogen-bond acceptors (Lipinski definition) is 4. The van der Waals surface area contributed by atoms with Gasteiger partial charge >= 0.3 is 6.09 Å². The zero-order valence-electron chi connectivity index (χ0n) is 12.3. The third kappa shape index (κ3) is 3.85. The molecule has 0 aromatic rings. The zero-order valence-corrected chi connectivity index (χ0v) is 12.3. The Morgan fingerprint density at radius 1 is 1.44 bits per heavy atom. The van der Waals surface area contributed by atoms with Crippen molar-refractivity contribution in [2.75, 3.05) is 33.2 Å². The van der Waals surface area contributed by atoms with E-state index in [2.05, 4.69) is 18.9 Å². The van der Waals surface area contributed by atoms with Gasteiger partial charge in [0.2, 0.25) is 0 Å². The van der Waals surface area contributed by atoms with Crippen molar-refractivity contribution in [3.63, 3.8) is 0 Å². The SMILES string of the molecule is CCN(C)[C@@H]1CN(C(=O)OC(C)(C)C)C[C@H]1CN. The summed E-state index contributed by atoms with van der Waals surface area (Å²) in [7, 11) is 2.08. The second-order valence-corrected chi connectivity index (χ2v) is 6.02. The summed E-state index contributed by atoms with van der Waals surface area (Å²) >= 11 is 0. The fourth-order valence-electron chi connectivity index (χ4n) is 2.30. The van der Waals surface area contributed by atoms with Gasteiger partial charge in [0, 0.05) is 25.0 Å². The maximum atomic E-state index is 12.0. The van der Waals surface area contributed by atoms with Crippen LogP contribution in [0.5, 0.6) is 0 Å². The van der Waals surface area contributed by atoms with Crippen LogP contribution in [0.3, 0.4) is 0 Å². The van der Waals surface area contributed by atoms with Crippen LogP contribution in [0.4, 0.5) is 4.79 Å². The molecule has 1 amide bonds. The number of carbonyl (C=O) groups is 1. The van der Waals surface area contributed by atoms with Crippen LogP contribution < -0.4 is 5.73 Å². The van der Waals surface area contributed by atoms with E-state index in [1.54, 1.807) is 4.90 Å². The summed E-state index contributed by atoms with van der Waals surface area (Å²) in [4.78, 5) is 16.1. The van der Waals surface area contributed by atoms with E-state index in [4.69, 9.17) is 10.5 Å². The second kappa shape index (κ2) is 5.89. The molecule has 0 aliphatic carbocycles. The molecule has 0 bridgehead atoms. The molecule has 1 fully saturated rings. The Labute approximate surface area is 110 Å². The van der Waals surface area contributed by atoms with Crippen molar-refractivity contribution in [3.05, 3.63) is 0 Å². The first-order chi connectivity index (χ1) is 8.28. The Balaban J connectivity index is 2.63. The Morgan fingerprint density at radius 3 is 2.50 bits per heavy atom. The number of amides is 1. The summed E-state index contributed by atoms with van der Waals surface area (Å²) in [5.41, 5.74) is 5.36. The molecule has 1 aliphatic heterocycles. The zero-order chi connectivity index (χ0) is 13.9. The Kier molecular flexibility index (Phi) is 4.99. The van der Waals surface area contributed by atoms with Gasteiger partial charge in [-0.15, -0.1) is 0 Å². The Morgan fingerprint density at radius 2 is 2.06 bits per heavy atom. The van der Waals surface area contributed by atoms with Gasteiger partial charge in [0.05, 0.1) is 0 Å². The molecule has 1 heterocycles. The van der Waals surface area contributed by atoms with Crippen LogP contribution in [0.25, 0.3) is 0 Å². The van der Waals surface area contributed by atoms with E-state index >= 15 is 0 Å². The number of likely N-dealkylation sites (N-methyl/N-ethyl adjacent to an activating group) is 1. The van der Waals surface area contributed by atoms with Crippen LogP contribution in [-0.2, 0) is 4.74 Å². The molecule has 0 aromatic heterocycles. The molecule has 106 valence electrons. The van der Waals surface area contributed by atoms with Gasteiger partial charge < -0.3 is 20.3 Å². The van der Waals surface area contributed by atoms with E-state index < -0.39 is 5.60 Å². The molecule has 5 heteroatoms. The molecule has 18 heavy (non-hydrogen) atoms. The average Bonchev–Trinajstić information content (AvgIpc) is 2.69. The van der Waals surface area contributed by atoms with Gasteiger partial charge in [0.25, 0.3) is 0 Å². The smallest absolute Gasteiger partial charge is 0.410 e. The van der Waals surface area contributed by atoms with Crippen molar-refractivity contribution in [1.29, 1.82) is 0 Å². The summed E-state index contributed by atoms with van der Waals surface area (Å²) in [6.07, 6.45) is -0.229. The molecule has 2 N–H and O–H groups in total. The largest absolute Gasteiger partial charge is 0.444 e. The van der Waals surface area contributed by atoms with Gasteiger partial charge in [-0.25, -0.2) is 4.79 Å². The van der Waals surface area contributed by atoms with Crippen LogP contribution in [0.1, 0.15) is 27.7 Å². The fraction of sp³-hybridized carbons (Fsp3) is 0.923. The van der Waals surface area contributed by atoms with E-state index in [1.807, 2.05) is 20.8 Å². The summed E-state index contributed by atoms with van der Waals surface area (Å²) in [5.74, 6) is 0.336. The van der Waals surface area contributed by atoms with Crippen molar-refractivity contribution >= 4 is 6.09 Å². The van der Waals surface area contributed by atoms with E-state index in [0.717, 1.165) is 6.54 Å². The fourth-order valence-corrected chi connectivity index (χ4v) is 2.30. The monoisotopic (exact) mass is 257 g/mol. The van der Waals surface area contributed by atoms with Gasteiger partial charge in [-0.2, -0.15) is 0 Å². The van der Waals surface area contributed by atoms with Crippen LogP contribution in [0.2, 0.25) is 0 Å². The third-order valence-corrected chi connectivity index (χ3v) is 3.43. The van der Waals surface area contributed by atoms with Crippen LogP contribution >= 0.6 is 0 Å². The summed E-state index contributed by atoms with van der Waals surface area (Å²) < 4.78 is 5.40. The third-order valence-electron chi connectivity index (χ3n) is 3.43. The molecule has 5 nitrogen and oxygen atoms in total. The number of nitrogens with two attached hydrogens (primary N) is 1. The van der Waals surface area contributed by atoms with Gasteiger partial charge in [0.15, 0.2) is 0 Å². The summed E-state index contributed by atoms with van der Waals surface area (Å²) in [6.45, 7) is 10.7. The average molecular weight is 257 g/mol. The maximum Gasteiger partial charge on any atom is 0.410 e. The number of carbonyl (C=O) groups excluding carboxylic acids is 1. The molecule has 0 saturated carbocycles. The van der Waals surface area contributed by atoms with Crippen molar-refractivity contribution < 1.29 is 9.53 Å². The van der Waals surface area contributed by atoms with Crippen LogP contribution in [-0.4, -0.2) is 60.8 Å². The molecule has 1 rings (SSSR count). The number of nitrogens with zero attached hydrogens (tertiary/aromatic N) is 2. The van der Waals surface area contributed by atoms with Gasteiger partial charge in [-0.05, 0) is 40.9 Å². The van der Waals surface area contributed by atoms with Gasteiger partial charge in [0.1, 0.15) is 5.60 Å². The second-order valence-electron chi connectivity index (χ2n) is 6.02. The first-order valence-electron chi connectivity index (χ1n) is 6.66. The molecule has 0 spiro atoms. The summed E-state index contributed by atoms with van der Waals surface area (Å²) in [5, 5.41) is 0. The minimum atomic E-state index is -0.440. The molecule has 0 aromatic carbocycles. The van der Waals surface area contributed by atoms with Crippen molar-refractivity contribution in [2.45, 2.75) is 39.3 Å². The molecule has 0 unspecified atom stereocenters. The maximum absolute atomic E-state index is 12.0. The number of hydrogen-bond donors (Lipinski definition) is 1. The van der Waals surface area contributed by atoms with E-state index in [1.165, 1.54) is 0 Å². The lowest BCUT2D eigenvalue weighted by Crippen LogP contribution is -2.41. The Hall–Kier alpha value is -0.810. The number of ether oxygens (including phenoxy) is 1. The lowest BCUT2D eigenvalue weighted by atomic mass is 10.0. The van der Waals surface area contributed by atoms with E-state index in [-0.39, 0.29) is 6.09 Å². The van der Waals surface area contributed by atoms with Crippen molar-refractivity contribution in [1.82, 2.24) is 9.80 Å². The molecule has 2 atom stereocenters. The molecule has 0 radical (unpaired) electrons. The standard InChI is InChI=1S/C13H27N3O2/c1-6-15(5)11-9-16(8-10(11)7-14)12(17)18-13(2,3)4/h10-11H,6-9,14H2,1-5H3/t10-,11-/m1/s1.